The molecule has 4 fully saturated rings. The minimum Gasteiger partial charge on any atom is -0.508 e. The van der Waals surface area contributed by atoms with Gasteiger partial charge < -0.3 is 14.9 Å². The first kappa shape index (κ1) is 18.3. The van der Waals surface area contributed by atoms with Crippen molar-refractivity contribution < 1.29 is 9.90 Å². The zero-order chi connectivity index (χ0) is 21.0. The quantitative estimate of drug-likeness (QED) is 0.771. The van der Waals surface area contributed by atoms with Gasteiger partial charge in [0.15, 0.2) is 0 Å². The number of aromatic hydroxyl groups is 1. The van der Waals surface area contributed by atoms with Gasteiger partial charge in [-0.1, -0.05) is 24.3 Å². The van der Waals surface area contributed by atoms with E-state index < -0.39 is 0 Å². The molecule has 2 saturated heterocycles. The molecule has 4 heteroatoms. The van der Waals surface area contributed by atoms with Crippen molar-refractivity contribution >= 4 is 5.91 Å². The van der Waals surface area contributed by atoms with Crippen molar-refractivity contribution in [1.29, 1.82) is 0 Å². The molecule has 6 atom stereocenters. The Morgan fingerprint density at radius 3 is 2.81 bits per heavy atom. The Kier molecular flexibility index (Phi) is 3.49. The first-order valence-electron chi connectivity index (χ1n) is 11.9. The van der Waals surface area contributed by atoms with E-state index in [1.54, 1.807) is 0 Å². The van der Waals surface area contributed by atoms with Crippen LogP contribution in [0.1, 0.15) is 47.2 Å². The Balaban J connectivity index is 1.38. The summed E-state index contributed by atoms with van der Waals surface area (Å²) >= 11 is 0. The van der Waals surface area contributed by atoms with Gasteiger partial charge in [0, 0.05) is 29.6 Å². The number of carbonyl (C=O) groups excluding carboxylic acids is 1. The van der Waals surface area contributed by atoms with E-state index in [1.807, 2.05) is 36.4 Å². The van der Waals surface area contributed by atoms with Crippen LogP contribution in [-0.4, -0.2) is 53.0 Å². The number of phenolic OH excluding ortho intramolecular Hbond substituents is 1. The van der Waals surface area contributed by atoms with Crippen LogP contribution in [0.25, 0.3) is 0 Å². The van der Waals surface area contributed by atoms with Crippen LogP contribution >= 0.6 is 0 Å². The highest BCUT2D eigenvalue weighted by molar-refractivity contribution is 5.94. The van der Waals surface area contributed by atoms with Crippen LogP contribution < -0.4 is 0 Å². The number of amides is 1. The van der Waals surface area contributed by atoms with Crippen molar-refractivity contribution in [2.45, 2.75) is 49.6 Å². The van der Waals surface area contributed by atoms with Crippen molar-refractivity contribution in [3.8, 4) is 5.75 Å². The number of hydrogen-bond acceptors (Lipinski definition) is 3. The normalized spacial score (nSPS) is 39.8. The van der Waals surface area contributed by atoms with Gasteiger partial charge in [-0.25, -0.2) is 0 Å². The smallest absolute Gasteiger partial charge is 0.254 e. The zero-order valence-corrected chi connectivity index (χ0v) is 18.1. The van der Waals surface area contributed by atoms with Gasteiger partial charge in [-0.2, -0.15) is 0 Å². The predicted octanol–water partition coefficient (Wildman–Crippen LogP) is 3.83. The van der Waals surface area contributed by atoms with Gasteiger partial charge in [0.1, 0.15) is 5.75 Å². The lowest BCUT2D eigenvalue weighted by Gasteiger charge is -2.66. The van der Waals surface area contributed by atoms with Crippen LogP contribution in [0, 0.1) is 17.3 Å². The van der Waals surface area contributed by atoms with E-state index in [1.165, 1.54) is 24.0 Å². The molecule has 4 nitrogen and oxygen atoms in total. The molecule has 7 rings (SSSR count). The molecule has 2 aliphatic heterocycles. The molecule has 2 saturated carbocycles. The number of fused-ring (bicyclic) bond motifs is 1. The molecule has 2 aromatic carbocycles. The van der Waals surface area contributed by atoms with Crippen molar-refractivity contribution in [2.24, 2.45) is 17.3 Å². The lowest BCUT2D eigenvalue weighted by molar-refractivity contribution is -0.0926. The lowest BCUT2D eigenvalue weighted by atomic mass is 9.43. The third kappa shape index (κ3) is 2.03. The molecule has 0 spiro atoms. The highest BCUT2D eigenvalue weighted by Gasteiger charge is 2.76. The fraction of sp³-hybridized carbons (Fsp3) is 0.519. The molecule has 2 aromatic rings. The molecule has 0 aromatic heterocycles. The molecule has 1 N–H and O–H groups in total. The van der Waals surface area contributed by atoms with Crippen molar-refractivity contribution in [2.75, 3.05) is 20.1 Å². The molecular weight excluding hydrogens is 384 g/mol. The fourth-order valence-corrected chi connectivity index (χ4v) is 9.21. The van der Waals surface area contributed by atoms with Crippen molar-refractivity contribution in [3.05, 3.63) is 65.2 Å². The summed E-state index contributed by atoms with van der Waals surface area (Å²) in [5.74, 6) is 1.70. The van der Waals surface area contributed by atoms with Crippen molar-refractivity contribution in [3.63, 3.8) is 0 Å². The SMILES string of the molecule is CN1CC[C@@]23c4cc(O)ccc4C[C@@H]1[C@]21CC[C@@H]2[C@H]3[C@@H](CN2C(=O)c2ccccc2)C1. The average molecular weight is 415 g/mol. The van der Waals surface area contributed by atoms with E-state index >= 15 is 0 Å². The number of phenols is 1. The van der Waals surface area contributed by atoms with Crippen LogP contribution in [0.2, 0.25) is 0 Å². The van der Waals surface area contributed by atoms with Gasteiger partial charge in [-0.3, -0.25) is 4.79 Å². The van der Waals surface area contributed by atoms with Crippen molar-refractivity contribution in [1.82, 2.24) is 9.80 Å². The Morgan fingerprint density at radius 2 is 1.97 bits per heavy atom. The molecule has 1 amide bonds. The van der Waals surface area contributed by atoms with Gasteiger partial charge >= 0.3 is 0 Å². The highest BCUT2D eigenvalue weighted by Crippen LogP contribution is 2.75. The number of likely N-dealkylation sites (N-methyl/N-ethyl adjacent to an activating group) is 1. The molecule has 3 aliphatic carbocycles. The summed E-state index contributed by atoms with van der Waals surface area (Å²) in [5.41, 5.74) is 4.08. The van der Waals surface area contributed by atoms with E-state index in [0.717, 1.165) is 37.9 Å². The summed E-state index contributed by atoms with van der Waals surface area (Å²) in [7, 11) is 2.32. The molecule has 2 heterocycles. The molecule has 31 heavy (non-hydrogen) atoms. The lowest BCUT2D eigenvalue weighted by Crippen LogP contribution is -2.69. The number of nitrogens with zero attached hydrogens (tertiary/aromatic N) is 2. The summed E-state index contributed by atoms with van der Waals surface area (Å²) in [6.45, 7) is 2.02. The maximum Gasteiger partial charge on any atom is 0.254 e. The zero-order valence-electron chi connectivity index (χ0n) is 18.1. The van der Waals surface area contributed by atoms with E-state index in [9.17, 15) is 9.90 Å². The maximum atomic E-state index is 13.5. The van der Waals surface area contributed by atoms with Crippen LogP contribution in [-0.2, 0) is 11.8 Å². The predicted molar refractivity (Wildman–Crippen MR) is 119 cm³/mol. The molecule has 5 aliphatic rings. The van der Waals surface area contributed by atoms with Gasteiger partial charge in [-0.05, 0) is 98.3 Å². The molecule has 0 radical (unpaired) electrons. The van der Waals surface area contributed by atoms with Gasteiger partial charge in [0.2, 0.25) is 0 Å². The number of carbonyl (C=O) groups is 1. The highest BCUT2D eigenvalue weighted by atomic mass is 16.3. The van der Waals surface area contributed by atoms with Crippen LogP contribution in [0.15, 0.2) is 48.5 Å². The summed E-state index contributed by atoms with van der Waals surface area (Å²) in [6, 6.07) is 16.9. The molecule has 4 bridgehead atoms. The summed E-state index contributed by atoms with van der Waals surface area (Å²) in [4.78, 5) is 18.4. The molecule has 160 valence electrons. The first-order valence-corrected chi connectivity index (χ1v) is 11.9. The minimum absolute atomic E-state index is 0.107. The molecule has 0 unspecified atom stereocenters. The first-order chi connectivity index (χ1) is 15.0. The topological polar surface area (TPSA) is 43.8 Å². The largest absolute Gasteiger partial charge is 0.508 e. The van der Waals surface area contributed by atoms with Gasteiger partial charge in [0.25, 0.3) is 5.91 Å². The van der Waals surface area contributed by atoms with E-state index in [-0.39, 0.29) is 11.3 Å². The number of likely N-dealkylation sites (tertiary alicyclic amines) is 2. The van der Waals surface area contributed by atoms with E-state index in [2.05, 4.69) is 29.0 Å². The second-order valence-corrected chi connectivity index (χ2v) is 10.8. The number of hydrogen-bond donors (Lipinski definition) is 1. The Bertz CT molecular complexity index is 1080. The monoisotopic (exact) mass is 414 g/mol. The minimum atomic E-state index is 0.107. The number of rotatable bonds is 1. The second kappa shape index (κ2) is 5.92. The Hall–Kier alpha value is -2.33. The standard InChI is InChI=1S/C27H30N2O2/c1-28-12-11-27-21-14-20(30)8-7-18(21)13-23(28)26(27)10-9-22-24(27)19(15-26)16-29(22)25(31)17-5-3-2-4-6-17/h2-8,14,19,22-24,30H,9-13,15-16H2,1H3/t19-,22-,23-,24-,26-,27+/m1/s1. The van der Waals surface area contributed by atoms with Crippen LogP contribution in [0.4, 0.5) is 0 Å². The van der Waals surface area contributed by atoms with Crippen LogP contribution in [0.3, 0.4) is 0 Å². The molecular formula is C27H30N2O2. The Labute approximate surface area is 183 Å². The third-order valence-electron chi connectivity index (χ3n) is 10.0. The summed E-state index contributed by atoms with van der Waals surface area (Å²) < 4.78 is 0. The third-order valence-corrected chi connectivity index (χ3v) is 10.0. The number of piperidine rings is 1. The van der Waals surface area contributed by atoms with E-state index in [4.69, 9.17) is 0 Å². The number of benzene rings is 2. The van der Waals surface area contributed by atoms with E-state index in [0.29, 0.717) is 35.1 Å². The van der Waals surface area contributed by atoms with Gasteiger partial charge in [-0.15, -0.1) is 0 Å². The summed E-state index contributed by atoms with van der Waals surface area (Å²) in [6.07, 6.45) is 5.82. The summed E-state index contributed by atoms with van der Waals surface area (Å²) in [5, 5.41) is 10.5. The van der Waals surface area contributed by atoms with Gasteiger partial charge in [0.05, 0.1) is 0 Å². The maximum absolute atomic E-state index is 13.5. The Morgan fingerprint density at radius 1 is 1.13 bits per heavy atom. The average Bonchev–Trinajstić information content (AvgIpc) is 3.23. The fourth-order valence-electron chi connectivity index (χ4n) is 9.21. The second-order valence-electron chi connectivity index (χ2n) is 10.8. The van der Waals surface area contributed by atoms with Crippen LogP contribution in [0.5, 0.6) is 5.75 Å².